The Morgan fingerprint density at radius 3 is 2.56 bits per heavy atom. The molecule has 2 aromatic heterocycles. The standard InChI is InChI=1S/C27H30F4N6O4/c1-25(2,3)41-24(40)36-14-11-26(10-4-12-32,19(28)15-36)37-18-9-13-33-23(39)20(18)22(35-37)34-17-7-5-16(6-8-17)21(38)27(29,30)31/h5-9,13,19,21,38H,4,10-11,14-15H2,1-3H3,(H,33,39)(H,34,35)/t19-,21+,26+/m1/s1. The number of fused-ring (bicyclic) bond motifs is 1. The highest BCUT2D eigenvalue weighted by molar-refractivity contribution is 5.91. The fourth-order valence-corrected chi connectivity index (χ4v) is 4.91. The van der Waals surface area contributed by atoms with Gasteiger partial charge in [-0.05, 0) is 57.4 Å². The summed E-state index contributed by atoms with van der Waals surface area (Å²) in [7, 11) is 0. The number of hydrogen-bond donors (Lipinski definition) is 3. The van der Waals surface area contributed by atoms with Crippen molar-refractivity contribution in [2.75, 3.05) is 18.4 Å². The number of likely N-dealkylation sites (tertiary alicyclic amines) is 1. The molecule has 0 spiro atoms. The van der Waals surface area contributed by atoms with Crippen molar-refractivity contribution in [3.63, 3.8) is 0 Å². The van der Waals surface area contributed by atoms with Crippen LogP contribution in [0.15, 0.2) is 41.3 Å². The van der Waals surface area contributed by atoms with Gasteiger partial charge in [-0.1, -0.05) is 12.1 Å². The number of aromatic amines is 1. The van der Waals surface area contributed by atoms with Gasteiger partial charge >= 0.3 is 12.3 Å². The summed E-state index contributed by atoms with van der Waals surface area (Å²) < 4.78 is 61.6. The van der Waals surface area contributed by atoms with Crippen molar-refractivity contribution in [3.05, 3.63) is 52.4 Å². The van der Waals surface area contributed by atoms with E-state index in [1.807, 2.05) is 6.07 Å². The van der Waals surface area contributed by atoms with Gasteiger partial charge in [-0.2, -0.15) is 23.5 Å². The molecule has 10 nitrogen and oxygen atoms in total. The zero-order valence-electron chi connectivity index (χ0n) is 22.6. The Bertz CT molecular complexity index is 1510. The van der Waals surface area contributed by atoms with Crippen molar-refractivity contribution in [2.24, 2.45) is 0 Å². The Morgan fingerprint density at radius 1 is 1.29 bits per heavy atom. The number of aliphatic hydroxyl groups excluding tert-OH is 1. The van der Waals surface area contributed by atoms with E-state index in [9.17, 15) is 33.1 Å². The van der Waals surface area contributed by atoms with E-state index in [2.05, 4.69) is 15.4 Å². The van der Waals surface area contributed by atoms with Crippen molar-refractivity contribution < 1.29 is 32.2 Å². The summed E-state index contributed by atoms with van der Waals surface area (Å²) in [6.45, 7) is 4.89. The van der Waals surface area contributed by atoms with Crippen LogP contribution in [0.25, 0.3) is 10.9 Å². The average Bonchev–Trinajstić information content (AvgIpc) is 3.26. The fraction of sp³-hybridized carbons (Fsp3) is 0.481. The van der Waals surface area contributed by atoms with E-state index in [1.165, 1.54) is 27.9 Å². The molecular formula is C27H30F4N6O4. The minimum atomic E-state index is -4.84. The zero-order valence-corrected chi connectivity index (χ0v) is 22.6. The molecule has 220 valence electrons. The molecule has 41 heavy (non-hydrogen) atoms. The number of pyridine rings is 1. The van der Waals surface area contributed by atoms with Crippen LogP contribution in [0.1, 0.15) is 51.7 Å². The van der Waals surface area contributed by atoms with Crippen LogP contribution < -0.4 is 10.9 Å². The molecule has 1 aliphatic heterocycles. The Morgan fingerprint density at radius 2 is 1.98 bits per heavy atom. The summed E-state index contributed by atoms with van der Waals surface area (Å²) in [4.78, 5) is 29.3. The SMILES string of the molecule is CC(C)(C)OC(=O)N1CC[C@](CCC#N)(n2nc(Nc3ccc([C@H](O)C(F)(F)F)cc3)c3c(=O)[nH]ccc32)[C@H](F)C1. The number of alkyl halides is 4. The molecule has 3 aromatic rings. The maximum Gasteiger partial charge on any atom is 0.418 e. The van der Waals surface area contributed by atoms with E-state index in [1.54, 1.807) is 26.8 Å². The Labute approximate surface area is 232 Å². The third-order valence-corrected chi connectivity index (χ3v) is 6.92. The lowest BCUT2D eigenvalue weighted by Gasteiger charge is -2.44. The number of nitrogens with zero attached hydrogens (tertiary/aromatic N) is 4. The van der Waals surface area contributed by atoms with Crippen LogP contribution in [0.5, 0.6) is 0 Å². The summed E-state index contributed by atoms with van der Waals surface area (Å²) in [6.07, 6.45) is -8.39. The van der Waals surface area contributed by atoms with Gasteiger partial charge in [0.1, 0.15) is 17.2 Å². The number of piperidine rings is 1. The predicted molar refractivity (Wildman–Crippen MR) is 141 cm³/mol. The monoisotopic (exact) mass is 578 g/mol. The van der Waals surface area contributed by atoms with Crippen LogP contribution in [-0.2, 0) is 10.3 Å². The first-order valence-electron chi connectivity index (χ1n) is 12.9. The van der Waals surface area contributed by atoms with Crippen LogP contribution in [0.4, 0.5) is 33.9 Å². The van der Waals surface area contributed by atoms with Crippen molar-refractivity contribution in [3.8, 4) is 6.07 Å². The first-order valence-corrected chi connectivity index (χ1v) is 12.9. The van der Waals surface area contributed by atoms with Crippen molar-refractivity contribution in [1.29, 1.82) is 5.26 Å². The first kappa shape index (κ1) is 29.9. The van der Waals surface area contributed by atoms with Gasteiger partial charge in [0.25, 0.3) is 5.56 Å². The third kappa shape index (κ3) is 6.14. The maximum absolute atomic E-state index is 16.2. The molecule has 0 aliphatic carbocycles. The summed E-state index contributed by atoms with van der Waals surface area (Å²) in [5, 5.41) is 26.4. The number of rotatable bonds is 6. The highest BCUT2D eigenvalue weighted by Crippen LogP contribution is 2.40. The van der Waals surface area contributed by atoms with Crippen LogP contribution in [0, 0.1) is 11.3 Å². The molecule has 1 aromatic carbocycles. The number of aliphatic hydroxyl groups is 1. The second-order valence-corrected chi connectivity index (χ2v) is 10.9. The van der Waals surface area contributed by atoms with E-state index in [0.29, 0.717) is 0 Å². The van der Waals surface area contributed by atoms with Crippen LogP contribution in [-0.4, -0.2) is 61.9 Å². The van der Waals surface area contributed by atoms with Crippen LogP contribution in [0.3, 0.4) is 0 Å². The highest BCUT2D eigenvalue weighted by atomic mass is 19.4. The van der Waals surface area contributed by atoms with Gasteiger partial charge in [0.15, 0.2) is 11.9 Å². The lowest BCUT2D eigenvalue weighted by atomic mass is 9.81. The molecule has 3 atom stereocenters. The summed E-state index contributed by atoms with van der Waals surface area (Å²) in [5.41, 5.74) is -2.55. The van der Waals surface area contributed by atoms with Crippen LogP contribution in [0.2, 0.25) is 0 Å². The quantitative estimate of drug-likeness (QED) is 0.349. The van der Waals surface area contributed by atoms with Gasteiger partial charge < -0.3 is 25.0 Å². The number of amides is 1. The molecule has 0 unspecified atom stereocenters. The molecule has 3 heterocycles. The second-order valence-electron chi connectivity index (χ2n) is 10.9. The molecule has 1 aliphatic rings. The van der Waals surface area contributed by atoms with E-state index >= 15 is 4.39 Å². The molecular weight excluding hydrogens is 548 g/mol. The van der Waals surface area contributed by atoms with Gasteiger partial charge in [-0.3, -0.25) is 9.48 Å². The van der Waals surface area contributed by atoms with E-state index < -0.39 is 41.2 Å². The van der Waals surface area contributed by atoms with Crippen LogP contribution >= 0.6 is 0 Å². The third-order valence-electron chi connectivity index (χ3n) is 6.92. The number of hydrogen-bond acceptors (Lipinski definition) is 7. The zero-order chi connectivity index (χ0) is 30.2. The summed E-state index contributed by atoms with van der Waals surface area (Å²) in [5.74, 6) is 0.0177. The topological polar surface area (TPSA) is 136 Å². The number of nitriles is 1. The Balaban J connectivity index is 1.72. The molecule has 0 radical (unpaired) electrons. The summed E-state index contributed by atoms with van der Waals surface area (Å²) >= 11 is 0. The number of carbonyl (C=O) groups is 1. The molecule has 0 bridgehead atoms. The molecule has 3 N–H and O–H groups in total. The summed E-state index contributed by atoms with van der Waals surface area (Å²) in [6, 6.07) is 8.31. The number of nitrogens with one attached hydrogen (secondary N) is 2. The average molecular weight is 579 g/mol. The molecule has 4 rings (SSSR count). The van der Waals surface area contributed by atoms with Gasteiger partial charge in [-0.15, -0.1) is 0 Å². The van der Waals surface area contributed by atoms with Crippen molar-refractivity contribution in [2.45, 2.75) is 69.6 Å². The molecule has 1 amide bonds. The Kier molecular flexibility index (Phi) is 8.04. The highest BCUT2D eigenvalue weighted by Gasteiger charge is 2.48. The van der Waals surface area contributed by atoms with Gasteiger partial charge in [0, 0.05) is 24.8 Å². The fourth-order valence-electron chi connectivity index (χ4n) is 4.91. The van der Waals surface area contributed by atoms with E-state index in [-0.39, 0.29) is 60.3 Å². The normalized spacial score (nSPS) is 20.5. The van der Waals surface area contributed by atoms with Gasteiger partial charge in [-0.25, -0.2) is 9.18 Å². The minimum Gasteiger partial charge on any atom is -0.444 e. The number of carbonyl (C=O) groups excluding carboxylic acids is 1. The second kappa shape index (κ2) is 11.0. The smallest absolute Gasteiger partial charge is 0.418 e. The van der Waals surface area contributed by atoms with Crippen molar-refractivity contribution in [1.82, 2.24) is 19.7 Å². The van der Waals surface area contributed by atoms with E-state index in [4.69, 9.17) is 4.74 Å². The number of H-pyrrole nitrogens is 1. The maximum atomic E-state index is 16.2. The molecule has 0 saturated carbocycles. The lowest BCUT2D eigenvalue weighted by Crippen LogP contribution is -2.57. The minimum absolute atomic E-state index is 0.0177. The van der Waals surface area contributed by atoms with Gasteiger partial charge in [0.05, 0.1) is 23.7 Å². The molecule has 1 fully saturated rings. The number of halogens is 4. The van der Waals surface area contributed by atoms with Crippen molar-refractivity contribution >= 4 is 28.5 Å². The number of aromatic nitrogens is 3. The lowest BCUT2D eigenvalue weighted by molar-refractivity contribution is -0.206. The van der Waals surface area contributed by atoms with Gasteiger partial charge in [0.2, 0.25) is 0 Å². The predicted octanol–water partition coefficient (Wildman–Crippen LogP) is 5.04. The molecule has 1 saturated heterocycles. The number of ether oxygens (including phenoxy) is 1. The number of anilines is 2. The molecule has 14 heteroatoms. The first-order chi connectivity index (χ1) is 19.2. The number of benzene rings is 1. The largest absolute Gasteiger partial charge is 0.444 e. The Hall–Kier alpha value is -4.12. The van der Waals surface area contributed by atoms with E-state index in [0.717, 1.165) is 12.1 Å².